The molecule has 0 spiro atoms. The Balaban J connectivity index is 2.36. The molecule has 1 saturated heterocycles. The van der Waals surface area contributed by atoms with Crippen LogP contribution in [-0.2, 0) is 14.3 Å². The normalized spacial score (nSPS) is 43.2. The maximum absolute atomic E-state index is 11.3. The van der Waals surface area contributed by atoms with E-state index in [9.17, 15) is 9.59 Å². The number of hydrogen-bond donors (Lipinski definition) is 0. The maximum atomic E-state index is 11.3. The molecule has 4 unspecified atom stereocenters. The van der Waals surface area contributed by atoms with E-state index in [1.807, 2.05) is 26.0 Å². The Kier molecular flexibility index (Phi) is 1.75. The van der Waals surface area contributed by atoms with Crippen LogP contribution in [0.1, 0.15) is 13.8 Å². The fraction of sp³-hybridized carbons (Fsp3) is 0.600. The van der Waals surface area contributed by atoms with Gasteiger partial charge in [0.1, 0.15) is 0 Å². The van der Waals surface area contributed by atoms with Gasteiger partial charge in [-0.25, -0.2) is 0 Å². The second kappa shape index (κ2) is 2.69. The molecule has 0 radical (unpaired) electrons. The van der Waals surface area contributed by atoms with E-state index in [0.717, 1.165) is 0 Å². The molecule has 3 nitrogen and oxygen atoms in total. The first-order valence-corrected chi connectivity index (χ1v) is 4.55. The zero-order valence-corrected chi connectivity index (χ0v) is 7.69. The number of allylic oxidation sites excluding steroid dienone is 1. The van der Waals surface area contributed by atoms with E-state index in [1.54, 1.807) is 0 Å². The minimum atomic E-state index is -0.384. The zero-order valence-electron chi connectivity index (χ0n) is 7.69. The number of esters is 2. The average Bonchev–Trinajstić information content (AvgIpc) is 2.35. The molecule has 1 aliphatic carbocycles. The lowest BCUT2D eigenvalue weighted by Gasteiger charge is -2.27. The summed E-state index contributed by atoms with van der Waals surface area (Å²) in [6.45, 7) is 4.04. The second-order valence-corrected chi connectivity index (χ2v) is 3.89. The number of ether oxygens (including phenoxy) is 1. The van der Waals surface area contributed by atoms with Gasteiger partial charge in [-0.15, -0.1) is 0 Å². The lowest BCUT2D eigenvalue weighted by atomic mass is 9.73. The minimum absolute atomic E-state index is 0.203. The molecule has 0 aromatic rings. The Morgan fingerprint density at radius 2 is 1.85 bits per heavy atom. The van der Waals surface area contributed by atoms with Gasteiger partial charge in [0.05, 0.1) is 11.8 Å². The van der Waals surface area contributed by atoms with Crippen LogP contribution in [0.2, 0.25) is 0 Å². The highest BCUT2D eigenvalue weighted by atomic mass is 16.6. The van der Waals surface area contributed by atoms with Crippen molar-refractivity contribution in [2.75, 3.05) is 0 Å². The molecule has 2 aliphatic rings. The smallest absolute Gasteiger partial charge is 0.321 e. The van der Waals surface area contributed by atoms with Gasteiger partial charge in [0.15, 0.2) is 0 Å². The number of cyclic esters (lactones) is 2. The Bertz CT molecular complexity index is 293. The average molecular weight is 180 g/mol. The second-order valence-electron chi connectivity index (χ2n) is 3.89. The van der Waals surface area contributed by atoms with Crippen molar-refractivity contribution in [2.45, 2.75) is 13.8 Å². The first-order chi connectivity index (χ1) is 6.11. The fourth-order valence-electron chi connectivity index (χ4n) is 2.07. The lowest BCUT2D eigenvalue weighted by molar-refractivity contribution is -0.153. The van der Waals surface area contributed by atoms with E-state index in [2.05, 4.69) is 4.74 Å². The Morgan fingerprint density at radius 3 is 2.54 bits per heavy atom. The van der Waals surface area contributed by atoms with Crippen molar-refractivity contribution >= 4 is 11.9 Å². The van der Waals surface area contributed by atoms with Gasteiger partial charge >= 0.3 is 11.9 Å². The lowest BCUT2D eigenvalue weighted by Crippen LogP contribution is -2.30. The van der Waals surface area contributed by atoms with Crippen molar-refractivity contribution in [2.24, 2.45) is 23.7 Å². The number of rotatable bonds is 0. The molecule has 0 aromatic carbocycles. The highest BCUT2D eigenvalue weighted by Crippen LogP contribution is 2.39. The van der Waals surface area contributed by atoms with Gasteiger partial charge in [-0.2, -0.15) is 0 Å². The molecule has 0 bridgehead atoms. The molecule has 1 heterocycles. The quantitative estimate of drug-likeness (QED) is 0.319. The van der Waals surface area contributed by atoms with Crippen LogP contribution in [0.5, 0.6) is 0 Å². The monoisotopic (exact) mass is 180 g/mol. The van der Waals surface area contributed by atoms with Crippen LogP contribution in [0.4, 0.5) is 0 Å². The number of fused-ring (bicyclic) bond motifs is 1. The maximum Gasteiger partial charge on any atom is 0.321 e. The third-order valence-electron chi connectivity index (χ3n) is 3.15. The van der Waals surface area contributed by atoms with E-state index < -0.39 is 0 Å². The van der Waals surface area contributed by atoms with Gasteiger partial charge in [-0.1, -0.05) is 26.0 Å². The SMILES string of the molecule is CC1C=CC2C(=O)OC(=O)C2C1C. The van der Waals surface area contributed by atoms with Gasteiger partial charge in [-0.05, 0) is 11.8 Å². The summed E-state index contributed by atoms with van der Waals surface area (Å²) in [5.74, 6) is -0.747. The number of hydrogen-bond acceptors (Lipinski definition) is 3. The van der Waals surface area contributed by atoms with E-state index in [4.69, 9.17) is 0 Å². The van der Waals surface area contributed by atoms with Crippen LogP contribution >= 0.6 is 0 Å². The van der Waals surface area contributed by atoms with Crippen molar-refractivity contribution in [3.63, 3.8) is 0 Å². The van der Waals surface area contributed by atoms with Crippen LogP contribution in [0.3, 0.4) is 0 Å². The predicted octanol–water partition coefficient (Wildman–Crippen LogP) is 1.14. The topological polar surface area (TPSA) is 43.4 Å². The van der Waals surface area contributed by atoms with Crippen LogP contribution in [0.25, 0.3) is 0 Å². The summed E-state index contributed by atoms with van der Waals surface area (Å²) in [5.41, 5.74) is 0. The van der Waals surface area contributed by atoms with Gasteiger partial charge in [0.2, 0.25) is 0 Å². The molecule has 1 fully saturated rings. The Morgan fingerprint density at radius 1 is 1.15 bits per heavy atom. The van der Waals surface area contributed by atoms with Gasteiger partial charge in [0, 0.05) is 0 Å². The van der Waals surface area contributed by atoms with Crippen LogP contribution in [0, 0.1) is 23.7 Å². The van der Waals surface area contributed by atoms with Crippen molar-refractivity contribution in [3.05, 3.63) is 12.2 Å². The van der Waals surface area contributed by atoms with Crippen molar-refractivity contribution in [3.8, 4) is 0 Å². The molecule has 1 aliphatic heterocycles. The summed E-state index contributed by atoms with van der Waals surface area (Å²) in [5, 5.41) is 0. The highest BCUT2D eigenvalue weighted by Gasteiger charge is 2.48. The largest absolute Gasteiger partial charge is 0.392 e. The Labute approximate surface area is 76.8 Å². The highest BCUT2D eigenvalue weighted by molar-refractivity contribution is 5.97. The van der Waals surface area contributed by atoms with E-state index in [0.29, 0.717) is 5.92 Å². The molecule has 0 N–H and O–H groups in total. The standard InChI is InChI=1S/C10H12O3/c1-5-3-4-7-8(6(5)2)10(12)13-9(7)11/h3-8H,1-2H3. The third-order valence-corrected chi connectivity index (χ3v) is 3.15. The van der Waals surface area contributed by atoms with Crippen LogP contribution in [0.15, 0.2) is 12.2 Å². The number of carbonyl (C=O) groups is 2. The van der Waals surface area contributed by atoms with Crippen molar-refractivity contribution < 1.29 is 14.3 Å². The predicted molar refractivity (Wildman–Crippen MR) is 45.5 cm³/mol. The molecule has 3 heteroatoms. The summed E-state index contributed by atoms with van der Waals surface area (Å²) in [6.07, 6.45) is 3.80. The molecule has 2 rings (SSSR count). The number of carbonyl (C=O) groups excluding carboxylic acids is 2. The zero-order chi connectivity index (χ0) is 9.59. The van der Waals surface area contributed by atoms with Crippen molar-refractivity contribution in [1.29, 1.82) is 0 Å². The summed E-state index contributed by atoms with van der Waals surface area (Å²) in [4.78, 5) is 22.5. The first kappa shape index (κ1) is 8.48. The van der Waals surface area contributed by atoms with Crippen molar-refractivity contribution in [1.82, 2.24) is 0 Å². The Hall–Kier alpha value is -1.12. The van der Waals surface area contributed by atoms with E-state index in [-0.39, 0.29) is 29.7 Å². The molecular weight excluding hydrogens is 168 g/mol. The van der Waals surface area contributed by atoms with E-state index >= 15 is 0 Å². The van der Waals surface area contributed by atoms with Crippen LogP contribution < -0.4 is 0 Å². The molecule has 4 atom stereocenters. The molecule has 0 aromatic heterocycles. The summed E-state index contributed by atoms with van der Waals surface area (Å²) >= 11 is 0. The minimum Gasteiger partial charge on any atom is -0.392 e. The summed E-state index contributed by atoms with van der Waals surface area (Å²) < 4.78 is 4.60. The van der Waals surface area contributed by atoms with Gasteiger partial charge < -0.3 is 4.74 Å². The molecule has 0 saturated carbocycles. The van der Waals surface area contributed by atoms with Gasteiger partial charge in [0.25, 0.3) is 0 Å². The summed E-state index contributed by atoms with van der Waals surface area (Å²) in [7, 11) is 0. The fourth-order valence-corrected chi connectivity index (χ4v) is 2.07. The summed E-state index contributed by atoms with van der Waals surface area (Å²) in [6, 6.07) is 0. The molecule has 0 amide bonds. The van der Waals surface area contributed by atoms with E-state index in [1.165, 1.54) is 0 Å². The van der Waals surface area contributed by atoms with Gasteiger partial charge in [-0.3, -0.25) is 9.59 Å². The molecular formula is C10H12O3. The first-order valence-electron chi connectivity index (χ1n) is 4.55. The molecule has 70 valence electrons. The van der Waals surface area contributed by atoms with Crippen LogP contribution in [-0.4, -0.2) is 11.9 Å². The molecule has 13 heavy (non-hydrogen) atoms. The third kappa shape index (κ3) is 1.10.